The van der Waals surface area contributed by atoms with E-state index in [0.717, 1.165) is 34.2 Å². The van der Waals surface area contributed by atoms with E-state index in [0.29, 0.717) is 21.3 Å². The molecule has 2 N–H and O–H groups in total. The van der Waals surface area contributed by atoms with Crippen molar-refractivity contribution >= 4 is 58.1 Å². The largest absolute Gasteiger partial charge is 0.460 e. The molecule has 0 aliphatic heterocycles. The Morgan fingerprint density at radius 2 is 0.912 bits per heavy atom. The number of benzene rings is 4. The van der Waals surface area contributed by atoms with Gasteiger partial charge in [-0.15, -0.1) is 0 Å². The second-order valence-corrected chi connectivity index (χ2v) is 15.5. The third kappa shape index (κ3) is 9.22. The first-order chi connectivity index (χ1) is 26.6. The lowest BCUT2D eigenvalue weighted by molar-refractivity contribution is -0.190. The molecule has 0 aliphatic carbocycles. The van der Waals surface area contributed by atoms with Crippen LogP contribution in [0.4, 0.5) is 32.0 Å². The molecule has 0 radical (unpaired) electrons. The predicted molar refractivity (Wildman–Crippen MR) is 209 cm³/mol. The second-order valence-electron chi connectivity index (χ2n) is 13.7. The molecule has 0 fully saturated rings. The molecule has 6 aromatic rings. The first-order valence-corrected chi connectivity index (χ1v) is 18.3. The Balaban J connectivity index is 0.000000224. The maximum absolute atomic E-state index is 14.8. The second kappa shape index (κ2) is 16.7. The number of aromatic nitrogens is 4. The number of ether oxygens (including phenoxy) is 1. The summed E-state index contributed by atoms with van der Waals surface area (Å²) in [5.41, 5.74) is 0.353. The van der Waals surface area contributed by atoms with Crippen molar-refractivity contribution in [1.29, 1.82) is 0 Å². The number of carbonyl (C=O) groups is 1. The van der Waals surface area contributed by atoms with E-state index in [-0.39, 0.29) is 38.7 Å². The summed E-state index contributed by atoms with van der Waals surface area (Å²) in [5, 5.41) is 8.54. The van der Waals surface area contributed by atoms with Crippen LogP contribution in [0.3, 0.4) is 0 Å². The molecule has 2 atom stereocenters. The average Bonchev–Trinajstić information content (AvgIpc) is 3.75. The SMILES string of the molecule is CC(C)(C)OC(=O)Cc1ccc(C(c2ccc(Cl)cc2)(n2cc(Cl)cn2)C(F)(F)F)cc1.Nc1ccc(C(c2ccc(Cl)cc2)(n2cc(Cl)cn2)C(F)(F)F)cc1. The van der Waals surface area contributed by atoms with Crippen molar-refractivity contribution < 1.29 is 35.9 Å². The lowest BCUT2D eigenvalue weighted by atomic mass is 9.81. The monoisotopic (exact) mass is 869 g/mol. The molecule has 4 aromatic carbocycles. The topological polar surface area (TPSA) is 88.0 Å². The molecule has 2 unspecified atom stereocenters. The minimum Gasteiger partial charge on any atom is -0.460 e. The van der Waals surface area contributed by atoms with E-state index < -0.39 is 35.0 Å². The Hall–Kier alpha value is -4.69. The molecule has 0 amide bonds. The highest BCUT2D eigenvalue weighted by molar-refractivity contribution is 6.31. The van der Waals surface area contributed by atoms with E-state index in [2.05, 4.69) is 10.2 Å². The molecule has 300 valence electrons. The number of hydrogen-bond acceptors (Lipinski definition) is 5. The van der Waals surface area contributed by atoms with Crippen LogP contribution in [-0.2, 0) is 27.0 Å². The quantitative estimate of drug-likeness (QED) is 0.0935. The summed E-state index contributed by atoms with van der Waals surface area (Å²) in [7, 11) is 0. The van der Waals surface area contributed by atoms with Crippen LogP contribution < -0.4 is 5.73 Å². The Kier molecular flexibility index (Phi) is 12.7. The first kappa shape index (κ1) is 43.4. The fraction of sp³-hybridized carbons (Fsp3) is 0.225. The van der Waals surface area contributed by atoms with Gasteiger partial charge in [-0.3, -0.25) is 4.79 Å². The predicted octanol–water partition coefficient (Wildman–Crippen LogP) is 11.6. The van der Waals surface area contributed by atoms with E-state index >= 15 is 0 Å². The summed E-state index contributed by atoms with van der Waals surface area (Å²) < 4.78 is 94.8. The zero-order valence-corrected chi connectivity index (χ0v) is 33.2. The summed E-state index contributed by atoms with van der Waals surface area (Å²) in [6.07, 6.45) is -5.00. The number of alkyl halides is 6. The molecule has 7 nitrogen and oxygen atoms in total. The number of carbonyl (C=O) groups excluding carboxylic acids is 1. The first-order valence-electron chi connectivity index (χ1n) is 16.8. The number of nitrogens with zero attached hydrogens (tertiary/aromatic N) is 4. The standard InChI is InChI=1S/C23H21Cl2F3N2O2.C17H12Cl2F3N3/c1-21(2,3)32-20(31)12-15-4-6-16(7-5-15)22(23(26,27)28,30-14-19(25)13-29-30)17-8-10-18(24)11-9-17;18-13-5-1-11(2-6-13)16(17(20,21)22,25-10-14(19)9-24-25)12-3-7-15(23)8-4-12/h4-11,13-14H,12H2,1-3H3;1-10H,23H2. The smallest absolute Gasteiger partial charge is 0.422 e. The summed E-state index contributed by atoms with van der Waals surface area (Å²) >= 11 is 23.5. The molecule has 6 rings (SSSR count). The van der Waals surface area contributed by atoms with Gasteiger partial charge < -0.3 is 10.5 Å². The van der Waals surface area contributed by atoms with Crippen LogP contribution in [0, 0.1) is 0 Å². The van der Waals surface area contributed by atoms with Crippen molar-refractivity contribution in [2.45, 2.75) is 56.2 Å². The van der Waals surface area contributed by atoms with Gasteiger partial charge in [-0.1, -0.05) is 107 Å². The number of rotatable bonds is 8. The minimum absolute atomic E-state index is 0.0451. The van der Waals surface area contributed by atoms with Crippen molar-refractivity contribution in [3.05, 3.63) is 170 Å². The van der Waals surface area contributed by atoms with Gasteiger partial charge in [0.15, 0.2) is 0 Å². The molecular weight excluding hydrogens is 838 g/mol. The van der Waals surface area contributed by atoms with Gasteiger partial charge in [0.2, 0.25) is 11.1 Å². The van der Waals surface area contributed by atoms with Gasteiger partial charge in [-0.05, 0) is 85.0 Å². The fourth-order valence-electron chi connectivity index (χ4n) is 6.26. The lowest BCUT2D eigenvalue weighted by Crippen LogP contribution is -2.50. The number of nitrogen functional groups attached to an aromatic ring is 1. The van der Waals surface area contributed by atoms with E-state index in [1.54, 1.807) is 20.8 Å². The molecule has 0 saturated carbocycles. The summed E-state index contributed by atoms with van der Waals surface area (Å²) in [6, 6.07) is 21.9. The number of anilines is 1. The van der Waals surface area contributed by atoms with E-state index in [1.807, 2.05) is 0 Å². The molecule has 0 aliphatic rings. The Morgan fingerprint density at radius 3 is 1.21 bits per heavy atom. The molecule has 0 saturated heterocycles. The summed E-state index contributed by atoms with van der Waals surface area (Å²) in [5.74, 6) is -0.469. The van der Waals surface area contributed by atoms with Crippen LogP contribution >= 0.6 is 46.4 Å². The van der Waals surface area contributed by atoms with Crippen molar-refractivity contribution in [3.63, 3.8) is 0 Å². The Labute approximate surface area is 343 Å². The van der Waals surface area contributed by atoms with E-state index in [4.69, 9.17) is 56.9 Å². The maximum atomic E-state index is 14.8. The zero-order chi connectivity index (χ0) is 42.0. The number of halogens is 10. The van der Waals surface area contributed by atoms with Gasteiger partial charge >= 0.3 is 18.3 Å². The molecule has 2 aromatic heterocycles. The van der Waals surface area contributed by atoms with Gasteiger partial charge in [0, 0.05) is 28.1 Å². The number of hydrogen-bond donors (Lipinski definition) is 1. The molecule has 0 spiro atoms. The average molecular weight is 872 g/mol. The van der Waals surface area contributed by atoms with Crippen LogP contribution in [0.25, 0.3) is 0 Å². The molecular formula is C40H33Cl4F6N5O2. The van der Waals surface area contributed by atoms with E-state index in [9.17, 15) is 31.1 Å². The van der Waals surface area contributed by atoms with Gasteiger partial charge in [-0.25, -0.2) is 9.36 Å². The normalized spacial score (nSPS) is 14.2. The van der Waals surface area contributed by atoms with Crippen LogP contribution in [-0.4, -0.2) is 43.5 Å². The lowest BCUT2D eigenvalue weighted by Gasteiger charge is -2.37. The molecule has 17 heteroatoms. The highest BCUT2D eigenvalue weighted by Crippen LogP contribution is 2.49. The number of esters is 1. The third-order valence-corrected chi connectivity index (χ3v) is 9.50. The zero-order valence-electron chi connectivity index (χ0n) is 30.2. The van der Waals surface area contributed by atoms with Crippen molar-refractivity contribution in [2.75, 3.05) is 5.73 Å². The highest BCUT2D eigenvalue weighted by atomic mass is 35.5. The number of nitrogens with two attached hydrogens (primary N) is 1. The summed E-state index contributed by atoms with van der Waals surface area (Å²) in [6.45, 7) is 5.23. The van der Waals surface area contributed by atoms with Crippen molar-refractivity contribution in [2.24, 2.45) is 0 Å². The van der Waals surface area contributed by atoms with Gasteiger partial charge in [0.25, 0.3) is 0 Å². The third-order valence-electron chi connectivity index (χ3n) is 8.60. The molecule has 57 heavy (non-hydrogen) atoms. The van der Waals surface area contributed by atoms with E-state index in [1.165, 1.54) is 97.1 Å². The van der Waals surface area contributed by atoms with Crippen LogP contribution in [0.15, 0.2) is 122 Å². The molecule has 2 heterocycles. The van der Waals surface area contributed by atoms with Gasteiger partial charge in [0.05, 0.1) is 28.9 Å². The fourth-order valence-corrected chi connectivity index (χ4v) is 6.78. The van der Waals surface area contributed by atoms with Crippen LogP contribution in [0.5, 0.6) is 0 Å². The van der Waals surface area contributed by atoms with Gasteiger partial charge in [-0.2, -0.15) is 36.5 Å². The van der Waals surface area contributed by atoms with Crippen LogP contribution in [0.1, 0.15) is 48.6 Å². The minimum atomic E-state index is -4.79. The Morgan fingerprint density at radius 1 is 0.579 bits per heavy atom. The van der Waals surface area contributed by atoms with Crippen molar-refractivity contribution in [3.8, 4) is 0 Å². The Bertz CT molecular complexity index is 2240. The summed E-state index contributed by atoms with van der Waals surface area (Å²) in [4.78, 5) is 12.1. The highest BCUT2D eigenvalue weighted by Gasteiger charge is 2.61. The van der Waals surface area contributed by atoms with Gasteiger partial charge in [0.1, 0.15) is 5.60 Å². The molecule has 0 bridgehead atoms. The van der Waals surface area contributed by atoms with Crippen LogP contribution in [0.2, 0.25) is 20.1 Å². The van der Waals surface area contributed by atoms with Crippen molar-refractivity contribution in [1.82, 2.24) is 19.6 Å². The maximum Gasteiger partial charge on any atom is 0.422 e.